The molecule has 0 amide bonds. The Kier molecular flexibility index (Phi) is 8.58. The van der Waals surface area contributed by atoms with E-state index in [1.54, 1.807) is 44.6 Å². The van der Waals surface area contributed by atoms with Gasteiger partial charge >= 0.3 is 0 Å². The van der Waals surface area contributed by atoms with Gasteiger partial charge in [-0.05, 0) is 56.2 Å². The van der Waals surface area contributed by atoms with Gasteiger partial charge in [0.1, 0.15) is 17.2 Å². The van der Waals surface area contributed by atoms with Crippen molar-refractivity contribution in [2.45, 2.75) is 20.3 Å². The number of phenolic OH excluding ortho intramolecular Hbond substituents is 1. The molecule has 3 aromatic rings. The van der Waals surface area contributed by atoms with E-state index >= 15 is 0 Å². The Labute approximate surface area is 204 Å². The molecule has 10 heteroatoms. The Morgan fingerprint density at radius 2 is 1.56 bits per heavy atom. The molecule has 0 bridgehead atoms. The number of nitrogens with one attached hydrogen (secondary N) is 3. The number of hydrogen-bond donors (Lipinski definition) is 4. The highest BCUT2D eigenvalue weighted by atomic mass is 32.1. The average molecular weight is 481 g/mol. The smallest absolute Gasteiger partial charge is 0.229 e. The number of hydrogen-bond acceptors (Lipinski definition) is 7. The molecule has 0 aliphatic carbocycles. The lowest BCUT2D eigenvalue weighted by atomic mass is 10.1. The molecule has 34 heavy (non-hydrogen) atoms. The molecule has 3 rings (SSSR count). The van der Waals surface area contributed by atoms with Crippen LogP contribution >= 0.6 is 12.2 Å². The van der Waals surface area contributed by atoms with E-state index < -0.39 is 0 Å². The second-order valence-electron chi connectivity index (χ2n) is 7.43. The predicted octanol–water partition coefficient (Wildman–Crippen LogP) is 3.81. The first-order valence-electron chi connectivity index (χ1n) is 10.6. The Bertz CT molecular complexity index is 1130. The molecule has 0 spiro atoms. The third kappa shape index (κ3) is 7.59. The first-order valence-corrected chi connectivity index (χ1v) is 11.0. The topological polar surface area (TPSA) is 113 Å². The number of thiocarbonyl (C=S) groups is 1. The molecule has 0 saturated carbocycles. The summed E-state index contributed by atoms with van der Waals surface area (Å²) < 4.78 is 10.6. The molecule has 9 nitrogen and oxygen atoms in total. The quantitative estimate of drug-likeness (QED) is 0.228. The minimum atomic E-state index is 0.230. The van der Waals surface area contributed by atoms with E-state index in [0.29, 0.717) is 47.2 Å². The van der Waals surface area contributed by atoms with Crippen LogP contribution in [0, 0.1) is 13.8 Å². The number of aliphatic imine (C=N–C) groups is 1. The van der Waals surface area contributed by atoms with Gasteiger partial charge in [0.2, 0.25) is 11.9 Å². The van der Waals surface area contributed by atoms with Gasteiger partial charge in [-0.15, -0.1) is 0 Å². The number of methoxy groups -OCH3 is 2. The van der Waals surface area contributed by atoms with E-state index in [4.69, 9.17) is 21.7 Å². The van der Waals surface area contributed by atoms with Gasteiger partial charge in [-0.25, -0.2) is 9.97 Å². The van der Waals surface area contributed by atoms with Crippen molar-refractivity contribution in [2.75, 3.05) is 31.4 Å². The summed E-state index contributed by atoms with van der Waals surface area (Å²) in [6, 6.07) is 14.3. The first kappa shape index (κ1) is 24.7. The number of benzene rings is 2. The maximum absolute atomic E-state index is 9.47. The zero-order valence-electron chi connectivity index (χ0n) is 19.5. The van der Waals surface area contributed by atoms with Crippen molar-refractivity contribution in [2.24, 2.45) is 4.99 Å². The molecule has 0 saturated heterocycles. The van der Waals surface area contributed by atoms with Crippen molar-refractivity contribution < 1.29 is 14.6 Å². The Morgan fingerprint density at radius 1 is 0.941 bits per heavy atom. The second-order valence-corrected chi connectivity index (χ2v) is 7.83. The lowest BCUT2D eigenvalue weighted by molar-refractivity contribution is 0.395. The SMILES string of the molecule is COc1cc(NC(=S)NC(=NCCc2ccc(O)cc2)Nc2nc(C)cc(C)n2)cc(OC)c1. The Balaban J connectivity index is 1.75. The molecule has 4 N–H and O–H groups in total. The number of aromatic nitrogens is 2. The van der Waals surface area contributed by atoms with Crippen LogP contribution in [-0.2, 0) is 6.42 Å². The maximum Gasteiger partial charge on any atom is 0.229 e. The molecule has 0 unspecified atom stereocenters. The number of nitrogens with zero attached hydrogens (tertiary/aromatic N) is 3. The molecule has 0 atom stereocenters. The summed E-state index contributed by atoms with van der Waals surface area (Å²) in [5.41, 5.74) is 3.41. The minimum Gasteiger partial charge on any atom is -0.508 e. The molecule has 2 aromatic carbocycles. The van der Waals surface area contributed by atoms with Crippen molar-refractivity contribution in [3.05, 3.63) is 65.5 Å². The summed E-state index contributed by atoms with van der Waals surface area (Å²) in [7, 11) is 3.17. The van der Waals surface area contributed by atoms with Gasteiger partial charge in [-0.1, -0.05) is 12.1 Å². The van der Waals surface area contributed by atoms with E-state index in [0.717, 1.165) is 17.0 Å². The fourth-order valence-electron chi connectivity index (χ4n) is 3.11. The monoisotopic (exact) mass is 480 g/mol. The van der Waals surface area contributed by atoms with Crippen molar-refractivity contribution >= 4 is 34.9 Å². The van der Waals surface area contributed by atoms with E-state index in [1.165, 1.54) is 0 Å². The average Bonchev–Trinajstić information content (AvgIpc) is 2.79. The summed E-state index contributed by atoms with van der Waals surface area (Å²) in [6.45, 7) is 4.27. The molecule has 0 radical (unpaired) electrons. The van der Waals surface area contributed by atoms with Crippen molar-refractivity contribution in [3.8, 4) is 17.2 Å². The van der Waals surface area contributed by atoms with Crippen LogP contribution in [-0.4, -0.2) is 46.9 Å². The summed E-state index contributed by atoms with van der Waals surface area (Å²) in [5.74, 6) is 2.31. The normalized spacial score (nSPS) is 11.0. The largest absolute Gasteiger partial charge is 0.508 e. The number of rotatable bonds is 7. The van der Waals surface area contributed by atoms with E-state index in [-0.39, 0.29) is 5.75 Å². The van der Waals surface area contributed by atoms with Crippen molar-refractivity contribution in [1.82, 2.24) is 15.3 Å². The van der Waals surface area contributed by atoms with Gasteiger partial charge in [0, 0.05) is 41.8 Å². The fraction of sp³-hybridized carbons (Fsp3) is 0.250. The molecule has 0 aliphatic rings. The molecule has 1 aromatic heterocycles. The van der Waals surface area contributed by atoms with E-state index in [9.17, 15) is 5.11 Å². The van der Waals surface area contributed by atoms with Crippen molar-refractivity contribution in [1.29, 1.82) is 0 Å². The number of anilines is 2. The summed E-state index contributed by atoms with van der Waals surface area (Å²) in [6.07, 6.45) is 0.675. The Morgan fingerprint density at radius 3 is 2.15 bits per heavy atom. The number of aromatic hydroxyl groups is 1. The van der Waals surface area contributed by atoms with Gasteiger partial charge in [0.25, 0.3) is 0 Å². The number of guanidine groups is 1. The van der Waals surface area contributed by atoms with Crippen LogP contribution in [0.2, 0.25) is 0 Å². The molecular weight excluding hydrogens is 452 g/mol. The summed E-state index contributed by atoms with van der Waals surface area (Å²) >= 11 is 5.50. The standard InChI is InChI=1S/C24H28N6O3S/c1-15-11-16(2)27-23(26-15)29-22(25-10-9-17-5-7-19(31)8-6-17)30-24(34)28-18-12-20(32-3)14-21(13-18)33-4/h5-8,11-14,31H,9-10H2,1-4H3,(H3,25,26,27,28,29,30,34). The summed E-state index contributed by atoms with van der Waals surface area (Å²) in [5, 5.41) is 19.1. The molecule has 0 fully saturated rings. The molecule has 178 valence electrons. The van der Waals surface area contributed by atoms with Crippen LogP contribution in [0.1, 0.15) is 17.0 Å². The van der Waals surface area contributed by atoms with Gasteiger partial charge in [0.05, 0.1) is 14.2 Å². The third-order valence-corrected chi connectivity index (χ3v) is 4.86. The number of phenols is 1. The van der Waals surface area contributed by atoms with Gasteiger partial charge in [-0.3, -0.25) is 10.3 Å². The van der Waals surface area contributed by atoms with Gasteiger partial charge in [0.15, 0.2) is 5.11 Å². The van der Waals surface area contributed by atoms with Gasteiger partial charge in [-0.2, -0.15) is 0 Å². The van der Waals surface area contributed by atoms with Crippen LogP contribution in [0.15, 0.2) is 53.5 Å². The van der Waals surface area contributed by atoms with E-state index in [1.807, 2.05) is 32.0 Å². The van der Waals surface area contributed by atoms with Crippen LogP contribution < -0.4 is 25.4 Å². The second kappa shape index (κ2) is 11.8. The van der Waals surface area contributed by atoms with Crippen LogP contribution in [0.4, 0.5) is 11.6 Å². The first-order chi connectivity index (χ1) is 16.3. The van der Waals surface area contributed by atoms with Crippen LogP contribution in [0.3, 0.4) is 0 Å². The van der Waals surface area contributed by atoms with Gasteiger partial charge < -0.3 is 25.2 Å². The zero-order valence-corrected chi connectivity index (χ0v) is 20.4. The highest BCUT2D eigenvalue weighted by molar-refractivity contribution is 7.80. The lowest BCUT2D eigenvalue weighted by Crippen LogP contribution is -2.39. The Hall–Kier alpha value is -3.92. The van der Waals surface area contributed by atoms with E-state index in [2.05, 4.69) is 30.9 Å². The predicted molar refractivity (Wildman–Crippen MR) is 138 cm³/mol. The maximum atomic E-state index is 9.47. The van der Waals surface area contributed by atoms with Crippen LogP contribution in [0.5, 0.6) is 17.2 Å². The fourth-order valence-corrected chi connectivity index (χ4v) is 3.32. The number of aryl methyl sites for hydroxylation is 2. The minimum absolute atomic E-state index is 0.230. The third-order valence-electron chi connectivity index (χ3n) is 4.66. The zero-order chi connectivity index (χ0) is 24.5. The van der Waals surface area contributed by atoms with Crippen molar-refractivity contribution in [3.63, 3.8) is 0 Å². The lowest BCUT2D eigenvalue weighted by Gasteiger charge is -2.15. The number of ether oxygens (including phenoxy) is 2. The molecular formula is C24H28N6O3S. The molecule has 1 heterocycles. The summed E-state index contributed by atoms with van der Waals surface area (Å²) in [4.78, 5) is 13.5. The highest BCUT2D eigenvalue weighted by Gasteiger charge is 2.09. The molecule has 0 aliphatic heterocycles. The van der Waals surface area contributed by atoms with Crippen LogP contribution in [0.25, 0.3) is 0 Å². The highest BCUT2D eigenvalue weighted by Crippen LogP contribution is 2.25.